The van der Waals surface area contributed by atoms with E-state index >= 15 is 0 Å². The summed E-state index contributed by atoms with van der Waals surface area (Å²) in [5.41, 5.74) is 4.09. The third kappa shape index (κ3) is 4.90. The molecule has 1 fully saturated rings. The number of hydrogen-bond acceptors (Lipinski definition) is 3. The van der Waals surface area contributed by atoms with Gasteiger partial charge in [0.1, 0.15) is 0 Å². The summed E-state index contributed by atoms with van der Waals surface area (Å²) in [6.07, 6.45) is 0.0963. The highest BCUT2D eigenvalue weighted by Crippen LogP contribution is 2.36. The number of amides is 2. The molecule has 0 spiro atoms. The Balaban J connectivity index is 1.69. The van der Waals surface area contributed by atoms with E-state index in [0.29, 0.717) is 18.8 Å². The van der Waals surface area contributed by atoms with Crippen LogP contribution < -0.4 is 5.32 Å². The summed E-state index contributed by atoms with van der Waals surface area (Å²) in [5, 5.41) is 13.4. The quantitative estimate of drug-likeness (QED) is 0.762. The van der Waals surface area contributed by atoms with Crippen molar-refractivity contribution in [1.82, 2.24) is 10.2 Å². The van der Waals surface area contributed by atoms with Gasteiger partial charge in [0.2, 0.25) is 11.8 Å². The molecule has 1 saturated heterocycles. The van der Waals surface area contributed by atoms with Gasteiger partial charge in [-0.3, -0.25) is 9.59 Å². The van der Waals surface area contributed by atoms with Crippen molar-refractivity contribution in [3.8, 4) is 0 Å². The lowest BCUT2D eigenvalue weighted by Gasteiger charge is -2.38. The van der Waals surface area contributed by atoms with Gasteiger partial charge in [-0.15, -0.1) is 0 Å². The van der Waals surface area contributed by atoms with Crippen LogP contribution in [0.1, 0.15) is 67.0 Å². The maximum atomic E-state index is 13.0. The Morgan fingerprint density at radius 3 is 2.30 bits per heavy atom. The van der Waals surface area contributed by atoms with Crippen molar-refractivity contribution >= 4 is 11.8 Å². The number of piperidine rings is 1. The van der Waals surface area contributed by atoms with E-state index in [4.69, 9.17) is 0 Å². The lowest BCUT2D eigenvalue weighted by atomic mass is 9.83. The van der Waals surface area contributed by atoms with E-state index in [1.54, 1.807) is 11.9 Å². The molecule has 160 valence electrons. The minimum atomic E-state index is -0.768. The average molecular weight is 409 g/mol. The summed E-state index contributed by atoms with van der Waals surface area (Å²) < 4.78 is 0. The van der Waals surface area contributed by atoms with Gasteiger partial charge in [-0.2, -0.15) is 0 Å². The van der Waals surface area contributed by atoms with Crippen LogP contribution >= 0.6 is 0 Å². The van der Waals surface area contributed by atoms with Gasteiger partial charge in [-0.05, 0) is 36.0 Å². The molecular weight excluding hydrogens is 376 g/mol. The van der Waals surface area contributed by atoms with E-state index in [9.17, 15) is 14.7 Å². The van der Waals surface area contributed by atoms with Crippen LogP contribution in [0.25, 0.3) is 0 Å². The first-order valence-corrected chi connectivity index (χ1v) is 10.7. The largest absolute Gasteiger partial charge is 0.387 e. The lowest BCUT2D eigenvalue weighted by Crippen LogP contribution is -2.46. The van der Waals surface area contributed by atoms with Crippen molar-refractivity contribution in [2.45, 2.75) is 51.7 Å². The molecule has 2 aromatic rings. The smallest absolute Gasteiger partial charge is 0.225 e. The van der Waals surface area contributed by atoms with Crippen LogP contribution in [-0.2, 0) is 9.59 Å². The Labute approximate surface area is 179 Å². The molecule has 5 nitrogen and oxygen atoms in total. The van der Waals surface area contributed by atoms with Crippen LogP contribution in [0.4, 0.5) is 0 Å². The maximum Gasteiger partial charge on any atom is 0.225 e. The minimum Gasteiger partial charge on any atom is -0.387 e. The van der Waals surface area contributed by atoms with Crippen LogP contribution in [0.15, 0.2) is 48.5 Å². The number of carbonyl (C=O) groups excluding carboxylic acids is 2. The highest BCUT2D eigenvalue weighted by molar-refractivity contribution is 5.85. The van der Waals surface area contributed by atoms with Crippen LogP contribution in [-0.4, -0.2) is 35.4 Å². The number of aliphatic hydroxyl groups is 1. The van der Waals surface area contributed by atoms with Crippen molar-refractivity contribution in [1.29, 1.82) is 0 Å². The van der Waals surface area contributed by atoms with Gasteiger partial charge >= 0.3 is 0 Å². The van der Waals surface area contributed by atoms with Crippen molar-refractivity contribution in [3.05, 3.63) is 70.8 Å². The van der Waals surface area contributed by atoms with Gasteiger partial charge in [0.15, 0.2) is 0 Å². The van der Waals surface area contributed by atoms with Gasteiger partial charge in [0.25, 0.3) is 0 Å². The summed E-state index contributed by atoms with van der Waals surface area (Å²) in [5.74, 6) is 0.0132. The normalized spacial score (nSPS) is 20.3. The topological polar surface area (TPSA) is 69.6 Å². The van der Waals surface area contributed by atoms with E-state index in [1.807, 2.05) is 55.5 Å². The Hall–Kier alpha value is -2.66. The molecule has 2 aromatic carbocycles. The van der Waals surface area contributed by atoms with Gasteiger partial charge < -0.3 is 15.3 Å². The third-order valence-corrected chi connectivity index (χ3v) is 6.07. The first-order chi connectivity index (χ1) is 14.3. The number of nitrogens with one attached hydrogen (secondary N) is 1. The molecule has 0 saturated carbocycles. The number of aliphatic hydroxyl groups excluding tert-OH is 1. The zero-order valence-corrected chi connectivity index (χ0v) is 18.3. The number of likely N-dealkylation sites (tertiary alicyclic amines) is 1. The van der Waals surface area contributed by atoms with Crippen molar-refractivity contribution in [2.75, 3.05) is 13.6 Å². The number of benzene rings is 2. The molecular formula is C25H32N2O3. The second kappa shape index (κ2) is 9.43. The predicted molar refractivity (Wildman–Crippen MR) is 118 cm³/mol. The zero-order valence-electron chi connectivity index (χ0n) is 18.3. The van der Waals surface area contributed by atoms with Gasteiger partial charge in [-0.1, -0.05) is 67.9 Å². The fourth-order valence-corrected chi connectivity index (χ4v) is 4.08. The predicted octanol–water partition coefficient (Wildman–Crippen LogP) is 3.88. The van der Waals surface area contributed by atoms with E-state index in [2.05, 4.69) is 19.2 Å². The molecule has 3 rings (SSSR count). The molecule has 0 radical (unpaired) electrons. The fraction of sp³-hybridized carbons (Fsp3) is 0.440. The molecule has 2 amide bonds. The Kier molecular flexibility index (Phi) is 6.93. The molecule has 1 aliphatic rings. The Morgan fingerprint density at radius 2 is 1.70 bits per heavy atom. The summed E-state index contributed by atoms with van der Waals surface area (Å²) >= 11 is 0. The number of hydrogen-bond donors (Lipinski definition) is 2. The first kappa shape index (κ1) is 22.0. The molecule has 0 aromatic heterocycles. The van der Waals surface area contributed by atoms with E-state index in [-0.39, 0.29) is 30.3 Å². The standard InChI is InChI=1S/C25H32N2O3/c1-16(2)18-9-11-19(12-10-18)22(28)15-26-25(30)21-13-14-23(29)27(4)24(21)20-7-5-17(3)6-8-20/h5-12,16,21-22,24,28H,13-15H2,1-4H3,(H,26,30). The van der Waals surface area contributed by atoms with Crippen LogP contribution in [0.3, 0.4) is 0 Å². The Morgan fingerprint density at radius 1 is 1.10 bits per heavy atom. The lowest BCUT2D eigenvalue weighted by molar-refractivity contribution is -0.141. The van der Waals surface area contributed by atoms with Crippen LogP contribution in [0, 0.1) is 12.8 Å². The first-order valence-electron chi connectivity index (χ1n) is 10.7. The zero-order chi connectivity index (χ0) is 21.8. The molecule has 1 heterocycles. The fourth-order valence-electron chi connectivity index (χ4n) is 4.08. The molecule has 1 aliphatic heterocycles. The van der Waals surface area contributed by atoms with Crippen molar-refractivity contribution in [2.24, 2.45) is 5.92 Å². The molecule has 30 heavy (non-hydrogen) atoms. The number of rotatable bonds is 6. The van der Waals surface area contributed by atoms with Crippen molar-refractivity contribution in [3.63, 3.8) is 0 Å². The second-order valence-electron chi connectivity index (χ2n) is 8.59. The number of carbonyl (C=O) groups is 2. The molecule has 0 bridgehead atoms. The molecule has 3 unspecified atom stereocenters. The van der Waals surface area contributed by atoms with E-state index < -0.39 is 6.10 Å². The second-order valence-corrected chi connectivity index (χ2v) is 8.59. The summed E-state index contributed by atoms with van der Waals surface area (Å²) in [7, 11) is 1.76. The highest BCUT2D eigenvalue weighted by Gasteiger charge is 2.38. The van der Waals surface area contributed by atoms with Gasteiger partial charge in [0.05, 0.1) is 18.1 Å². The third-order valence-electron chi connectivity index (χ3n) is 6.07. The molecule has 0 aliphatic carbocycles. The monoisotopic (exact) mass is 408 g/mol. The van der Waals surface area contributed by atoms with E-state index in [1.165, 1.54) is 5.56 Å². The Bertz CT molecular complexity index is 874. The number of nitrogens with zero attached hydrogens (tertiary/aromatic N) is 1. The van der Waals surface area contributed by atoms with Crippen molar-refractivity contribution < 1.29 is 14.7 Å². The van der Waals surface area contributed by atoms with Crippen LogP contribution in [0.5, 0.6) is 0 Å². The highest BCUT2D eigenvalue weighted by atomic mass is 16.3. The summed E-state index contributed by atoms with van der Waals surface area (Å²) in [6, 6.07) is 15.5. The SMILES string of the molecule is Cc1ccc(C2C(C(=O)NCC(O)c3ccc(C(C)C)cc3)CCC(=O)N2C)cc1. The molecule has 5 heteroatoms. The van der Waals surface area contributed by atoms with Gasteiger partial charge in [-0.25, -0.2) is 0 Å². The summed E-state index contributed by atoms with van der Waals surface area (Å²) in [4.78, 5) is 27.0. The minimum absolute atomic E-state index is 0.0508. The molecule has 3 atom stereocenters. The van der Waals surface area contributed by atoms with Gasteiger partial charge in [0, 0.05) is 20.0 Å². The summed E-state index contributed by atoms with van der Waals surface area (Å²) in [6.45, 7) is 6.41. The van der Waals surface area contributed by atoms with Crippen LogP contribution in [0.2, 0.25) is 0 Å². The average Bonchev–Trinajstić information content (AvgIpc) is 2.74. The van der Waals surface area contributed by atoms with E-state index in [0.717, 1.165) is 16.7 Å². The number of aryl methyl sites for hydroxylation is 1. The maximum absolute atomic E-state index is 13.0. The molecule has 2 N–H and O–H groups in total.